The second-order valence-corrected chi connectivity index (χ2v) is 4.28. The van der Waals surface area contributed by atoms with E-state index in [1.165, 1.54) is 0 Å². The predicted molar refractivity (Wildman–Crippen MR) is 71.8 cm³/mol. The SMILES string of the molecule is C=C(C)C(=O)OCC1CCCO1.C=C(CC)C(=O)O. The van der Waals surface area contributed by atoms with Crippen molar-refractivity contribution in [2.45, 2.75) is 39.2 Å². The molecule has 1 saturated heterocycles. The molecule has 0 aliphatic carbocycles. The molecule has 5 nitrogen and oxygen atoms in total. The van der Waals surface area contributed by atoms with Crippen molar-refractivity contribution >= 4 is 11.9 Å². The third-order valence-corrected chi connectivity index (χ3v) is 2.50. The van der Waals surface area contributed by atoms with Crippen LogP contribution in [0.25, 0.3) is 0 Å². The fourth-order valence-electron chi connectivity index (χ4n) is 1.22. The van der Waals surface area contributed by atoms with Crippen molar-refractivity contribution in [2.24, 2.45) is 0 Å². The molecule has 0 spiro atoms. The molecule has 0 amide bonds. The minimum atomic E-state index is -0.900. The van der Waals surface area contributed by atoms with Gasteiger partial charge in [0.15, 0.2) is 0 Å². The van der Waals surface area contributed by atoms with E-state index in [9.17, 15) is 9.59 Å². The Kier molecular flexibility index (Phi) is 8.53. The van der Waals surface area contributed by atoms with E-state index < -0.39 is 5.97 Å². The number of carboxylic acids is 1. The monoisotopic (exact) mass is 270 g/mol. The molecule has 1 N–H and O–H groups in total. The molecular weight excluding hydrogens is 248 g/mol. The maximum Gasteiger partial charge on any atom is 0.333 e. The third-order valence-electron chi connectivity index (χ3n) is 2.50. The minimum absolute atomic E-state index is 0.105. The smallest absolute Gasteiger partial charge is 0.333 e. The van der Waals surface area contributed by atoms with Gasteiger partial charge in [0.05, 0.1) is 6.10 Å². The number of carbonyl (C=O) groups is 2. The van der Waals surface area contributed by atoms with Crippen LogP contribution in [-0.4, -0.2) is 36.4 Å². The van der Waals surface area contributed by atoms with Crippen molar-refractivity contribution < 1.29 is 24.2 Å². The first kappa shape index (κ1) is 17.4. The molecule has 1 aliphatic heterocycles. The van der Waals surface area contributed by atoms with E-state index in [4.69, 9.17) is 14.6 Å². The Morgan fingerprint density at radius 1 is 1.42 bits per heavy atom. The lowest BCUT2D eigenvalue weighted by Crippen LogP contribution is -2.17. The summed E-state index contributed by atoms with van der Waals surface area (Å²) in [6, 6.07) is 0. The number of ether oxygens (including phenoxy) is 2. The second-order valence-electron chi connectivity index (χ2n) is 4.28. The average molecular weight is 270 g/mol. The summed E-state index contributed by atoms with van der Waals surface area (Å²) in [6.45, 7) is 11.3. The van der Waals surface area contributed by atoms with Gasteiger partial charge >= 0.3 is 11.9 Å². The van der Waals surface area contributed by atoms with Crippen molar-refractivity contribution in [1.82, 2.24) is 0 Å². The molecule has 0 aromatic heterocycles. The molecule has 0 bridgehead atoms. The quantitative estimate of drug-likeness (QED) is 0.613. The molecule has 5 heteroatoms. The predicted octanol–water partition coefficient (Wildman–Crippen LogP) is 2.32. The molecule has 1 aliphatic rings. The number of rotatable bonds is 5. The van der Waals surface area contributed by atoms with E-state index in [1.54, 1.807) is 13.8 Å². The largest absolute Gasteiger partial charge is 0.478 e. The van der Waals surface area contributed by atoms with Crippen LogP contribution in [0.1, 0.15) is 33.1 Å². The van der Waals surface area contributed by atoms with Crippen molar-refractivity contribution in [3.63, 3.8) is 0 Å². The van der Waals surface area contributed by atoms with Crippen molar-refractivity contribution in [1.29, 1.82) is 0 Å². The van der Waals surface area contributed by atoms with Crippen LogP contribution >= 0.6 is 0 Å². The number of carbonyl (C=O) groups excluding carboxylic acids is 1. The Labute approximate surface area is 113 Å². The Bertz CT molecular complexity index is 340. The second kappa shape index (κ2) is 9.33. The first-order chi connectivity index (χ1) is 8.88. The Balaban J connectivity index is 0.000000399. The van der Waals surface area contributed by atoms with Gasteiger partial charge in [0.2, 0.25) is 0 Å². The summed E-state index contributed by atoms with van der Waals surface area (Å²) in [6.07, 6.45) is 2.68. The number of carboxylic acid groups (broad SMARTS) is 1. The van der Waals surface area contributed by atoms with Crippen LogP contribution in [0, 0.1) is 0 Å². The van der Waals surface area contributed by atoms with Gasteiger partial charge in [-0.2, -0.15) is 0 Å². The summed E-state index contributed by atoms with van der Waals surface area (Å²) in [7, 11) is 0. The first-order valence-electron chi connectivity index (χ1n) is 6.23. The molecule has 1 rings (SSSR count). The highest BCUT2D eigenvalue weighted by atomic mass is 16.6. The molecule has 1 fully saturated rings. The molecule has 0 aromatic carbocycles. The van der Waals surface area contributed by atoms with Crippen molar-refractivity contribution in [3.8, 4) is 0 Å². The standard InChI is InChI=1S/C9H14O3.C5H8O2/c1-7(2)9(10)12-6-8-4-3-5-11-8;1-3-4(2)5(6)7/h8H,1,3-6H2,2H3;2-3H2,1H3,(H,6,7). The topological polar surface area (TPSA) is 72.8 Å². The Morgan fingerprint density at radius 2 is 2.05 bits per heavy atom. The zero-order valence-electron chi connectivity index (χ0n) is 11.6. The van der Waals surface area contributed by atoms with Gasteiger partial charge in [-0.15, -0.1) is 0 Å². The highest BCUT2D eigenvalue weighted by Crippen LogP contribution is 2.12. The van der Waals surface area contributed by atoms with E-state index in [0.29, 0.717) is 18.6 Å². The van der Waals surface area contributed by atoms with Gasteiger partial charge in [0, 0.05) is 17.8 Å². The maximum absolute atomic E-state index is 10.9. The fourth-order valence-corrected chi connectivity index (χ4v) is 1.22. The van der Waals surface area contributed by atoms with E-state index in [1.807, 2.05) is 0 Å². The van der Waals surface area contributed by atoms with Gasteiger partial charge in [0.1, 0.15) is 6.61 Å². The van der Waals surface area contributed by atoms with Crippen LogP contribution < -0.4 is 0 Å². The molecule has 1 heterocycles. The molecular formula is C14H22O5. The summed E-state index contributed by atoms with van der Waals surface area (Å²) in [5.74, 6) is -1.23. The van der Waals surface area contributed by atoms with E-state index >= 15 is 0 Å². The molecule has 0 saturated carbocycles. The zero-order chi connectivity index (χ0) is 14.8. The van der Waals surface area contributed by atoms with Crippen LogP contribution in [0.3, 0.4) is 0 Å². The van der Waals surface area contributed by atoms with Crippen LogP contribution in [0.5, 0.6) is 0 Å². The van der Waals surface area contributed by atoms with E-state index in [-0.39, 0.29) is 17.6 Å². The summed E-state index contributed by atoms with van der Waals surface area (Å²) >= 11 is 0. The molecule has 108 valence electrons. The molecule has 19 heavy (non-hydrogen) atoms. The number of hydrogen-bond donors (Lipinski definition) is 1. The van der Waals surface area contributed by atoms with Crippen LogP contribution in [0.2, 0.25) is 0 Å². The number of aliphatic carboxylic acids is 1. The lowest BCUT2D eigenvalue weighted by molar-refractivity contribution is -0.142. The molecule has 0 radical (unpaired) electrons. The van der Waals surface area contributed by atoms with Gasteiger partial charge in [0.25, 0.3) is 0 Å². The molecule has 0 aromatic rings. The van der Waals surface area contributed by atoms with Gasteiger partial charge in [-0.3, -0.25) is 0 Å². The third kappa shape index (κ3) is 8.15. The number of hydrogen-bond acceptors (Lipinski definition) is 4. The lowest BCUT2D eigenvalue weighted by atomic mass is 10.2. The maximum atomic E-state index is 10.9. The van der Waals surface area contributed by atoms with E-state index in [0.717, 1.165) is 19.4 Å². The van der Waals surface area contributed by atoms with Crippen molar-refractivity contribution in [2.75, 3.05) is 13.2 Å². The minimum Gasteiger partial charge on any atom is -0.478 e. The molecule has 1 atom stereocenters. The van der Waals surface area contributed by atoms with Crippen LogP contribution in [0.15, 0.2) is 24.3 Å². The molecule has 1 unspecified atom stereocenters. The summed E-state index contributed by atoms with van der Waals surface area (Å²) in [5.41, 5.74) is 0.702. The van der Waals surface area contributed by atoms with Gasteiger partial charge in [-0.25, -0.2) is 9.59 Å². The zero-order valence-corrected chi connectivity index (χ0v) is 11.6. The Morgan fingerprint density at radius 3 is 2.37 bits per heavy atom. The fraction of sp³-hybridized carbons (Fsp3) is 0.571. The summed E-state index contributed by atoms with van der Waals surface area (Å²) in [5, 5.41) is 8.08. The normalized spacial score (nSPS) is 17.1. The van der Waals surface area contributed by atoms with Gasteiger partial charge in [-0.1, -0.05) is 20.1 Å². The van der Waals surface area contributed by atoms with Crippen LogP contribution in [0.4, 0.5) is 0 Å². The van der Waals surface area contributed by atoms with Crippen molar-refractivity contribution in [3.05, 3.63) is 24.3 Å². The average Bonchev–Trinajstić information content (AvgIpc) is 2.88. The van der Waals surface area contributed by atoms with Gasteiger partial charge in [-0.05, 0) is 26.2 Å². The van der Waals surface area contributed by atoms with Crippen LogP contribution in [-0.2, 0) is 19.1 Å². The van der Waals surface area contributed by atoms with E-state index in [2.05, 4.69) is 13.2 Å². The van der Waals surface area contributed by atoms with Gasteiger partial charge < -0.3 is 14.6 Å². The lowest BCUT2D eigenvalue weighted by Gasteiger charge is -2.09. The summed E-state index contributed by atoms with van der Waals surface area (Å²) < 4.78 is 10.2. The number of esters is 1. The highest BCUT2D eigenvalue weighted by molar-refractivity contribution is 5.87. The summed E-state index contributed by atoms with van der Waals surface area (Å²) in [4.78, 5) is 20.8. The Hall–Kier alpha value is -1.62. The first-order valence-corrected chi connectivity index (χ1v) is 6.23. The highest BCUT2D eigenvalue weighted by Gasteiger charge is 2.17.